The predicted molar refractivity (Wildman–Crippen MR) is 160 cm³/mol. The lowest BCUT2D eigenvalue weighted by Gasteiger charge is -2.24. The highest BCUT2D eigenvalue weighted by Gasteiger charge is 2.33. The van der Waals surface area contributed by atoms with E-state index in [1.165, 1.54) is 24.5 Å². The van der Waals surface area contributed by atoms with E-state index in [-0.39, 0.29) is 22.0 Å². The second kappa shape index (κ2) is 12.0. The van der Waals surface area contributed by atoms with E-state index in [4.69, 9.17) is 9.26 Å². The number of benzene rings is 1. The molecule has 1 aromatic carbocycles. The van der Waals surface area contributed by atoms with E-state index in [1.54, 1.807) is 46.8 Å². The van der Waals surface area contributed by atoms with Crippen LogP contribution in [0.15, 0.2) is 70.3 Å². The van der Waals surface area contributed by atoms with Crippen LogP contribution in [0.1, 0.15) is 40.2 Å². The van der Waals surface area contributed by atoms with Crippen molar-refractivity contribution >= 4 is 43.8 Å². The highest BCUT2D eigenvalue weighted by atomic mass is 79.9. The molecule has 220 valence electrons. The van der Waals surface area contributed by atoms with Crippen LogP contribution in [0.4, 0.5) is 15.4 Å². The van der Waals surface area contributed by atoms with Gasteiger partial charge in [0, 0.05) is 34.9 Å². The number of amides is 2. The molecular formula is C29H29BrN4O7S. The number of alkyl halides is 1. The van der Waals surface area contributed by atoms with Crippen molar-refractivity contribution < 1.29 is 32.4 Å². The second-order valence-electron chi connectivity index (χ2n) is 10.6. The summed E-state index contributed by atoms with van der Waals surface area (Å²) in [7, 11) is -3.53. The molecule has 0 aliphatic heterocycles. The van der Waals surface area contributed by atoms with E-state index in [9.17, 15) is 23.1 Å². The summed E-state index contributed by atoms with van der Waals surface area (Å²) in [5, 5.41) is 14.2. The summed E-state index contributed by atoms with van der Waals surface area (Å²) in [6.07, 6.45) is -0.180. The monoisotopic (exact) mass is 656 g/mol. The van der Waals surface area contributed by atoms with Gasteiger partial charge in [-0.3, -0.25) is 4.98 Å². The molecule has 11 nitrogen and oxygen atoms in total. The van der Waals surface area contributed by atoms with E-state index in [0.717, 1.165) is 11.1 Å². The molecule has 4 aromatic rings. The molecule has 0 fully saturated rings. The molecule has 0 aliphatic rings. The summed E-state index contributed by atoms with van der Waals surface area (Å²) in [5.41, 5.74) is 2.22. The van der Waals surface area contributed by atoms with Gasteiger partial charge in [-0.2, -0.15) is 4.90 Å². The smallest absolute Gasteiger partial charge is 0.425 e. The minimum absolute atomic E-state index is 0.0684. The number of rotatable bonds is 7. The average Bonchev–Trinajstić information content (AvgIpc) is 3.42. The summed E-state index contributed by atoms with van der Waals surface area (Å²) in [4.78, 5) is 34.3. The van der Waals surface area contributed by atoms with E-state index in [0.29, 0.717) is 27.2 Å². The molecule has 0 saturated carbocycles. The molecule has 3 heterocycles. The predicted octanol–water partition coefficient (Wildman–Crippen LogP) is 6.96. The van der Waals surface area contributed by atoms with Crippen LogP contribution in [0.3, 0.4) is 0 Å². The highest BCUT2D eigenvalue weighted by Crippen LogP contribution is 2.36. The average molecular weight is 658 g/mol. The van der Waals surface area contributed by atoms with Crippen molar-refractivity contribution in [1.82, 2.24) is 15.1 Å². The highest BCUT2D eigenvalue weighted by molar-refractivity contribution is 9.08. The molecule has 4 rings (SSSR count). The second-order valence-corrected chi connectivity index (χ2v) is 13.6. The molecule has 1 N–H and O–H groups in total. The van der Waals surface area contributed by atoms with Crippen LogP contribution in [-0.4, -0.2) is 51.7 Å². The molecule has 3 aromatic heterocycles. The molecular weight excluding hydrogens is 628 g/mol. The number of carboxylic acid groups (broad SMARTS) is 1. The number of imide groups is 1. The van der Waals surface area contributed by atoms with Gasteiger partial charge < -0.3 is 14.4 Å². The third-order valence-electron chi connectivity index (χ3n) is 6.01. The van der Waals surface area contributed by atoms with Gasteiger partial charge in [0.05, 0.1) is 21.4 Å². The molecule has 0 bridgehead atoms. The van der Waals surface area contributed by atoms with Crippen molar-refractivity contribution in [2.45, 2.75) is 55.7 Å². The lowest BCUT2D eigenvalue weighted by molar-refractivity contribution is 0.0581. The van der Waals surface area contributed by atoms with Crippen molar-refractivity contribution in [2.75, 3.05) is 4.90 Å². The number of hydrogen-bond donors (Lipinski definition) is 1. The SMILES string of the molecule is CC(C)S(=O)(=O)c1ccc(-c2cnc(N(C(=O)O)C(=O)OC(C)(C)C)c(-c3cc(-c4ccc(CBr)cc4)no3)c2)nc1. The molecule has 0 unspecified atom stereocenters. The van der Waals surface area contributed by atoms with Gasteiger partial charge in [0.25, 0.3) is 0 Å². The minimum Gasteiger partial charge on any atom is -0.464 e. The van der Waals surface area contributed by atoms with Crippen LogP contribution in [-0.2, 0) is 19.9 Å². The first-order chi connectivity index (χ1) is 19.7. The van der Waals surface area contributed by atoms with Gasteiger partial charge in [-0.25, -0.2) is 23.0 Å². The Labute approximate surface area is 251 Å². The topological polar surface area (TPSA) is 153 Å². The van der Waals surface area contributed by atoms with E-state index in [1.807, 2.05) is 24.3 Å². The number of aromatic nitrogens is 3. The lowest BCUT2D eigenvalue weighted by atomic mass is 10.1. The molecule has 0 spiro atoms. The van der Waals surface area contributed by atoms with E-state index < -0.39 is 32.9 Å². The maximum absolute atomic E-state index is 13.0. The zero-order valence-electron chi connectivity index (χ0n) is 23.5. The first-order valence-electron chi connectivity index (χ1n) is 12.8. The summed E-state index contributed by atoms with van der Waals surface area (Å²) in [5.74, 6) is -0.135. The normalized spacial score (nSPS) is 11.9. The van der Waals surface area contributed by atoms with Gasteiger partial charge in [-0.05, 0) is 58.4 Å². The number of ether oxygens (including phenoxy) is 1. The fourth-order valence-corrected chi connectivity index (χ4v) is 5.19. The number of halogens is 1. The van der Waals surface area contributed by atoms with Crippen molar-refractivity contribution in [3.05, 3.63) is 66.5 Å². The molecule has 0 aliphatic carbocycles. The maximum atomic E-state index is 13.0. The quantitative estimate of drug-likeness (QED) is 0.206. The first kappa shape index (κ1) is 30.8. The molecule has 0 radical (unpaired) electrons. The van der Waals surface area contributed by atoms with E-state index >= 15 is 0 Å². The molecule has 42 heavy (non-hydrogen) atoms. The van der Waals surface area contributed by atoms with Crippen molar-refractivity contribution in [2.24, 2.45) is 0 Å². The zero-order valence-corrected chi connectivity index (χ0v) is 25.9. The summed E-state index contributed by atoms with van der Waals surface area (Å²) >= 11 is 3.42. The van der Waals surface area contributed by atoms with Crippen molar-refractivity contribution in [3.8, 4) is 33.8 Å². The number of nitrogens with zero attached hydrogens (tertiary/aromatic N) is 4. The fraction of sp³-hybridized carbons (Fsp3) is 0.276. The minimum atomic E-state index is -3.53. The lowest BCUT2D eigenvalue weighted by Crippen LogP contribution is -2.41. The zero-order chi connectivity index (χ0) is 30.8. The van der Waals surface area contributed by atoms with Crippen LogP contribution in [0, 0.1) is 0 Å². The van der Waals surface area contributed by atoms with Gasteiger partial charge in [0.15, 0.2) is 21.4 Å². The van der Waals surface area contributed by atoms with Gasteiger partial charge in [0.1, 0.15) is 11.3 Å². The summed E-state index contributed by atoms with van der Waals surface area (Å²) in [6, 6.07) is 13.7. The van der Waals surface area contributed by atoms with Gasteiger partial charge >= 0.3 is 12.2 Å². The molecule has 0 saturated heterocycles. The number of carbonyl (C=O) groups excluding carboxylic acids is 1. The van der Waals surface area contributed by atoms with Gasteiger partial charge in [0.2, 0.25) is 0 Å². The Morgan fingerprint density at radius 2 is 1.69 bits per heavy atom. The van der Waals surface area contributed by atoms with Gasteiger partial charge in [-0.15, -0.1) is 0 Å². The summed E-state index contributed by atoms with van der Waals surface area (Å²) < 4.78 is 36.0. The Kier molecular flexibility index (Phi) is 8.83. The first-order valence-corrected chi connectivity index (χ1v) is 15.5. The van der Waals surface area contributed by atoms with Gasteiger partial charge in [-0.1, -0.05) is 45.4 Å². The maximum Gasteiger partial charge on any atom is 0.425 e. The molecule has 0 atom stereocenters. The molecule has 2 amide bonds. The largest absolute Gasteiger partial charge is 0.464 e. The number of hydrogen-bond acceptors (Lipinski definition) is 9. The Morgan fingerprint density at radius 3 is 2.24 bits per heavy atom. The Hall–Kier alpha value is -4.10. The third-order valence-corrected chi connectivity index (χ3v) is 8.79. The Bertz CT molecular complexity index is 1710. The number of carbonyl (C=O) groups is 2. The number of pyridine rings is 2. The molecule has 13 heteroatoms. The Balaban J connectivity index is 1.84. The van der Waals surface area contributed by atoms with Crippen LogP contribution in [0.25, 0.3) is 33.8 Å². The number of sulfone groups is 1. The van der Waals surface area contributed by atoms with Crippen LogP contribution >= 0.6 is 15.9 Å². The summed E-state index contributed by atoms with van der Waals surface area (Å²) in [6.45, 7) is 8.00. The van der Waals surface area contributed by atoms with Crippen LogP contribution in [0.5, 0.6) is 0 Å². The van der Waals surface area contributed by atoms with E-state index in [2.05, 4.69) is 31.1 Å². The Morgan fingerprint density at radius 1 is 1.00 bits per heavy atom. The van der Waals surface area contributed by atoms with Crippen molar-refractivity contribution in [3.63, 3.8) is 0 Å². The van der Waals surface area contributed by atoms with Crippen LogP contribution in [0.2, 0.25) is 0 Å². The standard InChI is InChI=1S/C29H29BrN4O7S/c1-17(2)42(38,39)21-10-11-23(31-16-21)20-12-22(25-13-24(33-41-25)19-8-6-18(14-30)7-9-19)26(32-15-20)34(27(35)36)28(37)40-29(3,4)5/h6-13,15-17H,14H2,1-5H3,(H,35,36). The third kappa shape index (κ3) is 6.68. The van der Waals surface area contributed by atoms with Crippen LogP contribution < -0.4 is 4.90 Å². The fourth-order valence-electron chi connectivity index (χ4n) is 3.81. The number of anilines is 1. The van der Waals surface area contributed by atoms with Crippen molar-refractivity contribution in [1.29, 1.82) is 0 Å².